The van der Waals surface area contributed by atoms with Gasteiger partial charge in [0.15, 0.2) is 4.60 Å². The summed E-state index contributed by atoms with van der Waals surface area (Å²) >= 11 is 3.16. The molecule has 0 saturated heterocycles. The lowest BCUT2D eigenvalue weighted by Crippen LogP contribution is -2.39. The van der Waals surface area contributed by atoms with E-state index in [1.165, 1.54) is 4.68 Å². The summed E-state index contributed by atoms with van der Waals surface area (Å²) in [5.41, 5.74) is 0. The number of halogens is 1. The lowest BCUT2D eigenvalue weighted by molar-refractivity contribution is 0.332. The summed E-state index contributed by atoms with van der Waals surface area (Å²) in [5.74, 6) is 0. The van der Waals surface area contributed by atoms with E-state index in [1.54, 1.807) is 11.4 Å². The number of hydrogen-bond acceptors (Lipinski definition) is 4. The highest BCUT2D eigenvalue weighted by Gasteiger charge is 2.35. The maximum absolute atomic E-state index is 12.6. The third-order valence-corrected chi connectivity index (χ3v) is 6.25. The molecule has 18 heavy (non-hydrogen) atoms. The molecule has 1 aromatic rings. The topological polar surface area (TPSA) is 68.1 Å². The first kappa shape index (κ1) is 14.0. The average Bonchev–Trinajstić information content (AvgIpc) is 2.90. The van der Waals surface area contributed by atoms with Gasteiger partial charge in [-0.3, -0.25) is 0 Å². The summed E-state index contributed by atoms with van der Waals surface area (Å²) in [4.78, 5) is 0. The largest absolute Gasteiger partial charge is 0.263 e. The Kier molecular flexibility index (Phi) is 4.08. The van der Waals surface area contributed by atoms with Gasteiger partial charge in [-0.1, -0.05) is 25.0 Å². The molecule has 0 amide bonds. The van der Waals surface area contributed by atoms with Crippen molar-refractivity contribution in [2.24, 2.45) is 7.05 Å². The molecule has 1 aliphatic carbocycles. The zero-order valence-corrected chi connectivity index (χ0v) is 12.9. The Hall–Kier alpha value is -0.470. The van der Waals surface area contributed by atoms with Gasteiger partial charge in [-0.2, -0.15) is 4.31 Å². The Morgan fingerprint density at radius 1 is 1.44 bits per heavy atom. The predicted molar refractivity (Wildman–Crippen MR) is 70.5 cm³/mol. The predicted octanol–water partition coefficient (Wildman–Crippen LogP) is 1.53. The smallest absolute Gasteiger partial charge is 0.235 e. The lowest BCUT2D eigenvalue weighted by Gasteiger charge is -2.26. The maximum Gasteiger partial charge on any atom is 0.263 e. The summed E-state index contributed by atoms with van der Waals surface area (Å²) in [6.45, 7) is 2.35. The Balaban J connectivity index is 2.40. The first-order valence-corrected chi connectivity index (χ1v) is 8.28. The van der Waals surface area contributed by atoms with Crippen LogP contribution in [0.25, 0.3) is 0 Å². The Morgan fingerprint density at radius 3 is 2.50 bits per heavy atom. The van der Waals surface area contributed by atoms with Crippen molar-refractivity contribution >= 4 is 26.0 Å². The zero-order chi connectivity index (χ0) is 13.3. The molecule has 0 aliphatic heterocycles. The highest BCUT2D eigenvalue weighted by molar-refractivity contribution is 9.10. The maximum atomic E-state index is 12.6. The molecule has 1 aliphatic rings. The van der Waals surface area contributed by atoms with Gasteiger partial charge < -0.3 is 0 Å². The Bertz CT molecular complexity index is 502. The van der Waals surface area contributed by atoms with Crippen molar-refractivity contribution in [3.8, 4) is 0 Å². The van der Waals surface area contributed by atoms with Gasteiger partial charge in [0.05, 0.1) is 0 Å². The number of nitrogens with zero attached hydrogens (tertiary/aromatic N) is 4. The average molecular weight is 337 g/mol. The van der Waals surface area contributed by atoms with Crippen LogP contribution in [0, 0.1) is 0 Å². The highest BCUT2D eigenvalue weighted by Crippen LogP contribution is 2.30. The summed E-state index contributed by atoms with van der Waals surface area (Å²) in [7, 11) is -1.94. The summed E-state index contributed by atoms with van der Waals surface area (Å²) in [6.07, 6.45) is 4.08. The quantitative estimate of drug-likeness (QED) is 0.836. The third kappa shape index (κ3) is 2.33. The van der Waals surface area contributed by atoms with Crippen molar-refractivity contribution in [1.29, 1.82) is 0 Å². The molecule has 0 aromatic carbocycles. The van der Waals surface area contributed by atoms with Crippen LogP contribution in [0.1, 0.15) is 32.6 Å². The van der Waals surface area contributed by atoms with E-state index in [1.807, 2.05) is 6.92 Å². The van der Waals surface area contributed by atoms with E-state index in [9.17, 15) is 8.42 Å². The second-order valence-corrected chi connectivity index (χ2v) is 7.01. The summed E-state index contributed by atoms with van der Waals surface area (Å²) < 4.78 is 28.5. The molecule has 6 nitrogen and oxygen atoms in total. The van der Waals surface area contributed by atoms with Crippen LogP contribution in [0.3, 0.4) is 0 Å². The molecule has 1 fully saturated rings. The van der Waals surface area contributed by atoms with Crippen LogP contribution in [0.15, 0.2) is 9.63 Å². The molecule has 0 bridgehead atoms. The van der Waals surface area contributed by atoms with E-state index < -0.39 is 10.0 Å². The molecule has 0 spiro atoms. The van der Waals surface area contributed by atoms with Crippen molar-refractivity contribution in [2.75, 3.05) is 6.54 Å². The van der Waals surface area contributed by atoms with Crippen molar-refractivity contribution in [2.45, 2.75) is 43.7 Å². The van der Waals surface area contributed by atoms with Crippen molar-refractivity contribution < 1.29 is 8.42 Å². The van der Waals surface area contributed by atoms with Gasteiger partial charge in [-0.25, -0.2) is 13.1 Å². The molecule has 102 valence electrons. The third-order valence-electron chi connectivity index (χ3n) is 3.33. The molecular formula is C10H17BrN4O2S. The van der Waals surface area contributed by atoms with Gasteiger partial charge in [0.1, 0.15) is 0 Å². The monoisotopic (exact) mass is 336 g/mol. The summed E-state index contributed by atoms with van der Waals surface area (Å²) in [6, 6.07) is 0.113. The van der Waals surface area contributed by atoms with Crippen LogP contribution < -0.4 is 0 Å². The van der Waals surface area contributed by atoms with Gasteiger partial charge in [-0.15, -0.1) is 5.10 Å². The molecule has 1 heterocycles. The van der Waals surface area contributed by atoms with Gasteiger partial charge in [0, 0.05) is 19.6 Å². The Morgan fingerprint density at radius 2 is 2.06 bits per heavy atom. The van der Waals surface area contributed by atoms with E-state index in [-0.39, 0.29) is 15.7 Å². The molecule has 8 heteroatoms. The SMILES string of the molecule is CCN(C1CCCC1)S(=O)(=O)c1c(Br)nnn1C. The molecule has 0 N–H and O–H groups in total. The fraction of sp³-hybridized carbons (Fsp3) is 0.800. The number of hydrogen-bond donors (Lipinski definition) is 0. The highest BCUT2D eigenvalue weighted by atomic mass is 79.9. The lowest BCUT2D eigenvalue weighted by atomic mass is 10.2. The zero-order valence-electron chi connectivity index (χ0n) is 10.5. The molecule has 1 saturated carbocycles. The van der Waals surface area contributed by atoms with Crippen molar-refractivity contribution in [1.82, 2.24) is 19.3 Å². The van der Waals surface area contributed by atoms with E-state index in [4.69, 9.17) is 0 Å². The van der Waals surface area contributed by atoms with Gasteiger partial charge >= 0.3 is 0 Å². The number of rotatable bonds is 4. The molecule has 1 aromatic heterocycles. The second kappa shape index (κ2) is 5.26. The van der Waals surface area contributed by atoms with Gasteiger partial charge in [-0.05, 0) is 28.8 Å². The fourth-order valence-corrected chi connectivity index (χ4v) is 5.26. The first-order valence-electron chi connectivity index (χ1n) is 6.05. The van der Waals surface area contributed by atoms with Crippen LogP contribution in [-0.4, -0.2) is 40.3 Å². The molecule has 0 unspecified atom stereocenters. The molecule has 2 rings (SSSR count). The Labute approximate surface area is 116 Å². The standard InChI is InChI=1S/C10H17BrN4O2S/c1-3-15(8-6-4-5-7-8)18(16,17)10-9(11)12-13-14(10)2/h8H,3-7H2,1-2H3. The normalized spacial score (nSPS) is 17.8. The van der Waals surface area contributed by atoms with Crippen LogP contribution in [-0.2, 0) is 17.1 Å². The molecule has 0 radical (unpaired) electrons. The van der Waals surface area contributed by atoms with Gasteiger partial charge in [0.2, 0.25) is 5.03 Å². The van der Waals surface area contributed by atoms with E-state index >= 15 is 0 Å². The van der Waals surface area contributed by atoms with Crippen LogP contribution in [0.2, 0.25) is 0 Å². The fourth-order valence-electron chi connectivity index (χ4n) is 2.52. The van der Waals surface area contributed by atoms with Crippen LogP contribution in [0.5, 0.6) is 0 Å². The van der Waals surface area contributed by atoms with E-state index in [0.717, 1.165) is 25.7 Å². The van der Waals surface area contributed by atoms with Crippen LogP contribution in [0.4, 0.5) is 0 Å². The van der Waals surface area contributed by atoms with E-state index in [0.29, 0.717) is 6.54 Å². The van der Waals surface area contributed by atoms with Crippen molar-refractivity contribution in [3.05, 3.63) is 4.60 Å². The van der Waals surface area contributed by atoms with E-state index in [2.05, 4.69) is 26.2 Å². The number of aryl methyl sites for hydroxylation is 1. The van der Waals surface area contributed by atoms with Crippen LogP contribution >= 0.6 is 15.9 Å². The number of sulfonamides is 1. The minimum atomic E-state index is -3.53. The first-order chi connectivity index (χ1) is 8.48. The molecule has 0 atom stereocenters. The summed E-state index contributed by atoms with van der Waals surface area (Å²) in [5, 5.41) is 7.62. The van der Waals surface area contributed by atoms with Crippen molar-refractivity contribution in [3.63, 3.8) is 0 Å². The second-order valence-electron chi connectivity index (χ2n) is 4.46. The van der Waals surface area contributed by atoms with Gasteiger partial charge in [0.25, 0.3) is 10.0 Å². The molecular weight excluding hydrogens is 320 g/mol. The minimum Gasteiger partial charge on any atom is -0.235 e. The number of aromatic nitrogens is 3. The minimum absolute atomic E-state index is 0.113.